The Labute approximate surface area is 90.2 Å². The first-order valence-corrected chi connectivity index (χ1v) is 5.09. The third-order valence-electron chi connectivity index (χ3n) is 2.65. The van der Waals surface area contributed by atoms with Crippen molar-refractivity contribution in [2.24, 2.45) is 5.92 Å². The predicted octanol–water partition coefficient (Wildman–Crippen LogP) is 2.52. The van der Waals surface area contributed by atoms with Crippen LogP contribution >= 0.6 is 0 Å². The van der Waals surface area contributed by atoms with Crippen LogP contribution in [-0.4, -0.2) is 16.1 Å². The zero-order chi connectivity index (χ0) is 11.6. The van der Waals surface area contributed by atoms with Crippen LogP contribution in [0.3, 0.4) is 0 Å². The van der Waals surface area contributed by atoms with Crippen molar-refractivity contribution in [2.75, 3.05) is 0 Å². The first kappa shape index (κ1) is 11.7. The quantitative estimate of drug-likeness (QED) is 0.828. The van der Waals surface area contributed by atoms with Crippen molar-refractivity contribution in [3.8, 4) is 0 Å². The Bertz CT molecular complexity index is 372. The highest BCUT2D eigenvalue weighted by atomic mass is 16.4. The number of carboxylic acid groups (broad SMARTS) is 1. The van der Waals surface area contributed by atoms with E-state index in [0.717, 1.165) is 16.8 Å². The maximum atomic E-state index is 11.1. The van der Waals surface area contributed by atoms with Crippen LogP contribution in [0, 0.1) is 19.8 Å². The van der Waals surface area contributed by atoms with Gasteiger partial charge in [-0.2, -0.15) is 0 Å². The van der Waals surface area contributed by atoms with Gasteiger partial charge in [0.25, 0.3) is 0 Å². The number of hydrogen-bond donors (Lipinski definition) is 1. The van der Waals surface area contributed by atoms with Gasteiger partial charge in [-0.25, -0.2) is 0 Å². The Morgan fingerprint density at radius 1 is 1.40 bits per heavy atom. The van der Waals surface area contributed by atoms with E-state index in [-0.39, 0.29) is 5.92 Å². The number of carboxylic acids is 1. The highest BCUT2D eigenvalue weighted by Gasteiger charge is 2.23. The van der Waals surface area contributed by atoms with Gasteiger partial charge in [0, 0.05) is 11.9 Å². The number of carbonyl (C=O) groups is 1. The van der Waals surface area contributed by atoms with Gasteiger partial charge in [0.15, 0.2) is 0 Å². The predicted molar refractivity (Wildman–Crippen MR) is 58.9 cm³/mol. The van der Waals surface area contributed by atoms with Gasteiger partial charge in [-0.15, -0.1) is 0 Å². The van der Waals surface area contributed by atoms with Crippen molar-refractivity contribution < 1.29 is 9.90 Å². The third-order valence-corrected chi connectivity index (χ3v) is 2.65. The zero-order valence-corrected chi connectivity index (χ0v) is 9.61. The van der Waals surface area contributed by atoms with Gasteiger partial charge < -0.3 is 5.11 Å². The molecule has 1 rings (SSSR count). The van der Waals surface area contributed by atoms with E-state index in [9.17, 15) is 4.79 Å². The van der Waals surface area contributed by atoms with Crippen molar-refractivity contribution in [1.29, 1.82) is 0 Å². The van der Waals surface area contributed by atoms with Crippen molar-refractivity contribution in [3.63, 3.8) is 0 Å². The number of rotatable bonds is 3. The van der Waals surface area contributed by atoms with Crippen LogP contribution in [-0.2, 0) is 4.79 Å². The Balaban J connectivity index is 3.12. The van der Waals surface area contributed by atoms with E-state index in [1.165, 1.54) is 0 Å². The zero-order valence-electron chi connectivity index (χ0n) is 9.61. The Hall–Kier alpha value is -1.38. The van der Waals surface area contributed by atoms with Crippen molar-refractivity contribution in [1.82, 2.24) is 4.98 Å². The normalized spacial score (nSPS) is 12.9. The molecule has 3 heteroatoms. The van der Waals surface area contributed by atoms with E-state index in [2.05, 4.69) is 4.98 Å². The molecule has 0 aliphatic heterocycles. The Morgan fingerprint density at radius 2 is 2.00 bits per heavy atom. The standard InChI is InChI=1S/C12H17NO2/c1-7(2)11(12(14)15)10-5-8(3)9(4)13-6-10/h5-7,11H,1-4H3,(H,14,15). The lowest BCUT2D eigenvalue weighted by atomic mass is 9.89. The third kappa shape index (κ3) is 2.55. The maximum Gasteiger partial charge on any atom is 0.311 e. The smallest absolute Gasteiger partial charge is 0.311 e. The molecule has 1 aromatic heterocycles. The minimum Gasteiger partial charge on any atom is -0.481 e. The summed E-state index contributed by atoms with van der Waals surface area (Å²) in [5, 5.41) is 9.13. The molecule has 1 N–H and O–H groups in total. The molecule has 0 spiro atoms. The van der Waals surface area contributed by atoms with Gasteiger partial charge in [-0.1, -0.05) is 19.9 Å². The van der Waals surface area contributed by atoms with Crippen LogP contribution < -0.4 is 0 Å². The minimum absolute atomic E-state index is 0.0754. The van der Waals surface area contributed by atoms with E-state index in [4.69, 9.17) is 5.11 Å². The molecule has 0 bridgehead atoms. The van der Waals surface area contributed by atoms with Gasteiger partial charge in [-0.3, -0.25) is 9.78 Å². The average molecular weight is 207 g/mol. The van der Waals surface area contributed by atoms with Gasteiger partial charge in [0.05, 0.1) is 5.92 Å². The van der Waals surface area contributed by atoms with Crippen LogP contribution in [0.25, 0.3) is 0 Å². The topological polar surface area (TPSA) is 50.2 Å². The first-order chi connectivity index (χ1) is 6.93. The van der Waals surface area contributed by atoms with E-state index in [0.29, 0.717) is 0 Å². The molecule has 0 radical (unpaired) electrons. The fraction of sp³-hybridized carbons (Fsp3) is 0.500. The molecule has 1 aromatic rings. The molecule has 0 aliphatic carbocycles. The van der Waals surface area contributed by atoms with Crippen molar-refractivity contribution in [2.45, 2.75) is 33.6 Å². The van der Waals surface area contributed by atoms with E-state index in [1.807, 2.05) is 33.8 Å². The number of aryl methyl sites for hydroxylation is 2. The fourth-order valence-corrected chi connectivity index (χ4v) is 1.65. The summed E-state index contributed by atoms with van der Waals surface area (Å²) in [4.78, 5) is 15.3. The molecule has 82 valence electrons. The summed E-state index contributed by atoms with van der Waals surface area (Å²) in [5.74, 6) is -1.17. The summed E-state index contributed by atoms with van der Waals surface area (Å²) in [6.45, 7) is 7.69. The Kier molecular flexibility index (Phi) is 3.45. The molecule has 3 nitrogen and oxygen atoms in total. The molecular formula is C12H17NO2. The van der Waals surface area contributed by atoms with Crippen LogP contribution in [0.15, 0.2) is 12.3 Å². The summed E-state index contributed by atoms with van der Waals surface area (Å²) in [6.07, 6.45) is 1.67. The lowest BCUT2D eigenvalue weighted by Gasteiger charge is -2.17. The van der Waals surface area contributed by atoms with Crippen LogP contribution in [0.1, 0.15) is 36.6 Å². The molecule has 0 saturated carbocycles. The molecule has 1 unspecified atom stereocenters. The molecule has 15 heavy (non-hydrogen) atoms. The number of nitrogens with zero attached hydrogens (tertiary/aromatic N) is 1. The lowest BCUT2D eigenvalue weighted by Crippen LogP contribution is -2.18. The number of hydrogen-bond acceptors (Lipinski definition) is 2. The second-order valence-corrected chi connectivity index (χ2v) is 4.23. The van der Waals surface area contributed by atoms with E-state index in [1.54, 1.807) is 6.20 Å². The first-order valence-electron chi connectivity index (χ1n) is 5.09. The maximum absolute atomic E-state index is 11.1. The van der Waals surface area contributed by atoms with Crippen molar-refractivity contribution >= 4 is 5.97 Å². The second kappa shape index (κ2) is 4.43. The summed E-state index contributed by atoms with van der Waals surface area (Å²) in [7, 11) is 0. The van der Waals surface area contributed by atoms with Gasteiger partial charge in [-0.05, 0) is 30.9 Å². The molecule has 0 aromatic carbocycles. The lowest BCUT2D eigenvalue weighted by molar-refractivity contribution is -0.139. The SMILES string of the molecule is Cc1cc(C(C(=O)O)C(C)C)cnc1C. The molecule has 1 atom stereocenters. The summed E-state index contributed by atoms with van der Waals surface area (Å²) >= 11 is 0. The highest BCUT2D eigenvalue weighted by Crippen LogP contribution is 2.25. The minimum atomic E-state index is -0.782. The van der Waals surface area contributed by atoms with Crippen LogP contribution in [0.2, 0.25) is 0 Å². The van der Waals surface area contributed by atoms with Crippen molar-refractivity contribution in [3.05, 3.63) is 29.1 Å². The number of pyridine rings is 1. The van der Waals surface area contributed by atoms with Crippen LogP contribution in [0.5, 0.6) is 0 Å². The fourth-order valence-electron chi connectivity index (χ4n) is 1.65. The molecule has 0 aliphatic rings. The van der Waals surface area contributed by atoms with Gasteiger partial charge >= 0.3 is 5.97 Å². The monoisotopic (exact) mass is 207 g/mol. The number of aliphatic carboxylic acids is 1. The molecule has 0 amide bonds. The second-order valence-electron chi connectivity index (χ2n) is 4.23. The average Bonchev–Trinajstić information content (AvgIpc) is 2.10. The van der Waals surface area contributed by atoms with Crippen LogP contribution in [0.4, 0.5) is 0 Å². The van der Waals surface area contributed by atoms with Gasteiger partial charge in [0.1, 0.15) is 0 Å². The molecule has 0 saturated heterocycles. The van der Waals surface area contributed by atoms with Gasteiger partial charge in [0.2, 0.25) is 0 Å². The summed E-state index contributed by atoms with van der Waals surface area (Å²) in [6, 6.07) is 1.92. The largest absolute Gasteiger partial charge is 0.481 e. The van der Waals surface area contributed by atoms with E-state index >= 15 is 0 Å². The molecule has 1 heterocycles. The Morgan fingerprint density at radius 3 is 2.40 bits per heavy atom. The molecular weight excluding hydrogens is 190 g/mol. The molecule has 0 fully saturated rings. The number of aromatic nitrogens is 1. The summed E-state index contributed by atoms with van der Waals surface area (Å²) < 4.78 is 0. The summed E-state index contributed by atoms with van der Waals surface area (Å²) in [5.41, 5.74) is 2.78. The van der Waals surface area contributed by atoms with E-state index < -0.39 is 11.9 Å². The highest BCUT2D eigenvalue weighted by molar-refractivity contribution is 5.76.